The molecule has 1 unspecified atom stereocenters. The van der Waals surface area contributed by atoms with Gasteiger partial charge >= 0.3 is 0 Å². The number of nitrogens with zero attached hydrogens (tertiary/aromatic N) is 2. The molecule has 0 aromatic heterocycles. The van der Waals surface area contributed by atoms with Crippen molar-refractivity contribution in [3.8, 4) is 5.75 Å². The van der Waals surface area contributed by atoms with Crippen molar-refractivity contribution in [1.29, 1.82) is 0 Å². The normalized spacial score (nSPS) is 17.5. The lowest BCUT2D eigenvalue weighted by Crippen LogP contribution is -2.42. The molecule has 0 radical (unpaired) electrons. The Morgan fingerprint density at radius 2 is 2.17 bits per heavy atom. The predicted molar refractivity (Wildman–Crippen MR) is 105 cm³/mol. The molecule has 23 heavy (non-hydrogen) atoms. The van der Waals surface area contributed by atoms with Crippen LogP contribution >= 0.6 is 35.6 Å². The topological polar surface area (TPSA) is 46.1 Å². The van der Waals surface area contributed by atoms with E-state index in [0.717, 1.165) is 44.4 Å². The average molecular weight is 454 g/mol. The van der Waals surface area contributed by atoms with Crippen molar-refractivity contribution in [2.45, 2.75) is 6.42 Å². The molecule has 1 aromatic carbocycles. The van der Waals surface area contributed by atoms with Crippen molar-refractivity contribution in [2.24, 2.45) is 10.9 Å². The summed E-state index contributed by atoms with van der Waals surface area (Å²) in [5, 5.41) is 4.10. The van der Waals surface area contributed by atoms with E-state index in [-0.39, 0.29) is 24.0 Å². The lowest BCUT2D eigenvalue weighted by molar-refractivity contribution is 0.186. The van der Waals surface area contributed by atoms with E-state index in [1.54, 1.807) is 7.05 Å². The Labute approximate surface area is 160 Å². The maximum Gasteiger partial charge on any atom is 0.193 e. The van der Waals surface area contributed by atoms with Crippen LogP contribution in [-0.2, 0) is 4.74 Å². The van der Waals surface area contributed by atoms with E-state index in [9.17, 15) is 0 Å². The lowest BCUT2D eigenvalue weighted by atomic mass is 10.1. The highest BCUT2D eigenvalue weighted by Gasteiger charge is 2.16. The lowest BCUT2D eigenvalue weighted by Gasteiger charge is -2.23. The van der Waals surface area contributed by atoms with Crippen molar-refractivity contribution >= 4 is 41.5 Å². The molecule has 1 fully saturated rings. The van der Waals surface area contributed by atoms with E-state index >= 15 is 0 Å². The number of benzene rings is 1. The molecule has 1 aliphatic heterocycles. The fourth-order valence-corrected chi connectivity index (χ4v) is 2.43. The molecular weight excluding hydrogens is 429 g/mol. The third kappa shape index (κ3) is 7.14. The van der Waals surface area contributed by atoms with Gasteiger partial charge in [0.05, 0.1) is 13.2 Å². The van der Waals surface area contributed by atoms with Crippen LogP contribution in [0.3, 0.4) is 0 Å². The van der Waals surface area contributed by atoms with Gasteiger partial charge in [0.1, 0.15) is 12.4 Å². The number of hydrogen-bond donors (Lipinski definition) is 1. The number of likely N-dealkylation sites (N-methyl/N-ethyl adjacent to an activating group) is 1. The Morgan fingerprint density at radius 1 is 1.43 bits per heavy atom. The van der Waals surface area contributed by atoms with Gasteiger partial charge in [-0.15, -0.1) is 24.0 Å². The minimum atomic E-state index is 0. The molecule has 1 saturated heterocycles. The van der Waals surface area contributed by atoms with E-state index < -0.39 is 0 Å². The van der Waals surface area contributed by atoms with Crippen molar-refractivity contribution in [3.63, 3.8) is 0 Å². The van der Waals surface area contributed by atoms with E-state index in [2.05, 4.69) is 15.2 Å². The highest BCUT2D eigenvalue weighted by atomic mass is 127. The van der Waals surface area contributed by atoms with Crippen LogP contribution in [0.1, 0.15) is 6.42 Å². The molecule has 0 amide bonds. The molecule has 0 aliphatic carbocycles. The van der Waals surface area contributed by atoms with Crippen LogP contribution < -0.4 is 10.1 Å². The maximum absolute atomic E-state index is 5.85. The summed E-state index contributed by atoms with van der Waals surface area (Å²) >= 11 is 5.85. The van der Waals surface area contributed by atoms with Crippen LogP contribution in [0.15, 0.2) is 29.3 Å². The minimum absolute atomic E-state index is 0. The fraction of sp³-hybridized carbons (Fsp3) is 0.562. The molecular formula is C16H25ClIN3O2. The van der Waals surface area contributed by atoms with E-state index in [0.29, 0.717) is 17.5 Å². The molecule has 7 heteroatoms. The summed E-state index contributed by atoms with van der Waals surface area (Å²) in [5.74, 6) is 2.28. The Morgan fingerprint density at radius 3 is 2.78 bits per heavy atom. The first-order chi connectivity index (χ1) is 10.7. The van der Waals surface area contributed by atoms with Gasteiger partial charge in [-0.3, -0.25) is 4.99 Å². The highest BCUT2D eigenvalue weighted by molar-refractivity contribution is 14.0. The second-order valence-corrected chi connectivity index (χ2v) is 5.82. The SMILES string of the molecule is CN=C(NCC1CCOC1)N(C)CCOc1ccc(Cl)cc1.I. The molecule has 0 saturated carbocycles. The van der Waals surface area contributed by atoms with Gasteiger partial charge in [-0.1, -0.05) is 11.6 Å². The van der Waals surface area contributed by atoms with Gasteiger partial charge in [0, 0.05) is 38.2 Å². The number of aliphatic imine (C=N–C) groups is 1. The molecule has 0 spiro atoms. The molecule has 2 rings (SSSR count). The number of hydrogen-bond acceptors (Lipinski definition) is 3. The van der Waals surface area contributed by atoms with Crippen molar-refractivity contribution in [1.82, 2.24) is 10.2 Å². The zero-order valence-corrected chi connectivity index (χ0v) is 16.7. The predicted octanol–water partition coefficient (Wildman–Crippen LogP) is 2.88. The molecule has 1 N–H and O–H groups in total. The van der Waals surface area contributed by atoms with Crippen LogP contribution in [0, 0.1) is 5.92 Å². The average Bonchev–Trinajstić information content (AvgIpc) is 3.03. The minimum Gasteiger partial charge on any atom is -0.492 e. The van der Waals surface area contributed by atoms with Crippen LogP contribution in [0.5, 0.6) is 5.75 Å². The number of halogens is 2. The van der Waals surface area contributed by atoms with Crippen molar-refractivity contribution < 1.29 is 9.47 Å². The Kier molecular flexibility index (Phi) is 9.66. The van der Waals surface area contributed by atoms with E-state index in [4.69, 9.17) is 21.1 Å². The zero-order chi connectivity index (χ0) is 15.8. The summed E-state index contributed by atoms with van der Waals surface area (Å²) in [7, 11) is 3.80. The summed E-state index contributed by atoms with van der Waals surface area (Å²) in [4.78, 5) is 6.37. The molecule has 1 aliphatic rings. The first-order valence-corrected chi connectivity index (χ1v) is 7.94. The fourth-order valence-electron chi connectivity index (χ4n) is 2.30. The van der Waals surface area contributed by atoms with Crippen molar-refractivity contribution in [2.75, 3.05) is 47.0 Å². The van der Waals surface area contributed by atoms with Crippen LogP contribution in [0.4, 0.5) is 0 Å². The molecule has 1 heterocycles. The first-order valence-electron chi connectivity index (χ1n) is 7.57. The smallest absolute Gasteiger partial charge is 0.193 e. The van der Waals surface area contributed by atoms with Gasteiger partial charge in [-0.25, -0.2) is 0 Å². The van der Waals surface area contributed by atoms with Crippen LogP contribution in [0.2, 0.25) is 5.02 Å². The van der Waals surface area contributed by atoms with Gasteiger partial charge in [-0.2, -0.15) is 0 Å². The van der Waals surface area contributed by atoms with Gasteiger partial charge in [0.25, 0.3) is 0 Å². The Hall–Kier alpha value is -0.730. The summed E-state index contributed by atoms with van der Waals surface area (Å²) in [6, 6.07) is 7.39. The van der Waals surface area contributed by atoms with Gasteiger partial charge in [-0.05, 0) is 30.7 Å². The number of ether oxygens (including phenoxy) is 2. The zero-order valence-electron chi connectivity index (χ0n) is 13.6. The second-order valence-electron chi connectivity index (χ2n) is 5.38. The largest absolute Gasteiger partial charge is 0.492 e. The third-order valence-electron chi connectivity index (χ3n) is 3.66. The first kappa shape index (κ1) is 20.3. The summed E-state index contributed by atoms with van der Waals surface area (Å²) < 4.78 is 11.1. The summed E-state index contributed by atoms with van der Waals surface area (Å²) in [6.07, 6.45) is 1.12. The number of nitrogens with one attached hydrogen (secondary N) is 1. The van der Waals surface area contributed by atoms with Gasteiger partial charge in [0.15, 0.2) is 5.96 Å². The number of guanidine groups is 1. The quantitative estimate of drug-likeness (QED) is 0.409. The monoisotopic (exact) mass is 453 g/mol. The molecule has 1 aromatic rings. The van der Waals surface area contributed by atoms with Gasteiger partial charge in [0.2, 0.25) is 0 Å². The second kappa shape index (κ2) is 10.9. The van der Waals surface area contributed by atoms with E-state index in [1.807, 2.05) is 31.3 Å². The molecule has 0 bridgehead atoms. The highest BCUT2D eigenvalue weighted by Crippen LogP contribution is 2.15. The van der Waals surface area contributed by atoms with Gasteiger partial charge < -0.3 is 19.7 Å². The van der Waals surface area contributed by atoms with E-state index in [1.165, 1.54) is 0 Å². The summed E-state index contributed by atoms with van der Waals surface area (Å²) in [6.45, 7) is 3.95. The van der Waals surface area contributed by atoms with Crippen molar-refractivity contribution in [3.05, 3.63) is 29.3 Å². The molecule has 130 valence electrons. The van der Waals surface area contributed by atoms with Crippen LogP contribution in [0.25, 0.3) is 0 Å². The maximum atomic E-state index is 5.85. The Balaban J connectivity index is 0.00000264. The molecule has 1 atom stereocenters. The standard InChI is InChI=1S/C16H24ClN3O2.HI/c1-18-16(19-11-13-7-9-21-12-13)20(2)8-10-22-15-5-3-14(17)4-6-15;/h3-6,13H,7-12H2,1-2H3,(H,18,19);1H. The number of rotatable bonds is 6. The molecule has 5 nitrogen and oxygen atoms in total. The Bertz CT molecular complexity index is 479. The summed E-state index contributed by atoms with van der Waals surface area (Å²) in [5.41, 5.74) is 0. The van der Waals surface area contributed by atoms with Crippen LogP contribution in [-0.4, -0.2) is 57.9 Å². The third-order valence-corrected chi connectivity index (χ3v) is 3.91.